The summed E-state index contributed by atoms with van der Waals surface area (Å²) in [5, 5.41) is 8.91. The summed E-state index contributed by atoms with van der Waals surface area (Å²) in [6.45, 7) is -0.156. The fourth-order valence-electron chi connectivity index (χ4n) is 1.18. The maximum Gasteiger partial charge on any atom is 0.151 e. The molecule has 0 amide bonds. The van der Waals surface area contributed by atoms with Crippen LogP contribution in [0.5, 0.6) is 0 Å². The molecule has 0 spiro atoms. The quantitative estimate of drug-likeness (QED) is 0.830. The summed E-state index contributed by atoms with van der Waals surface area (Å²) in [6.07, 6.45) is 2.80. The topological polar surface area (TPSA) is 37.5 Å². The molecule has 0 radical (unpaired) electrons. The van der Waals surface area contributed by atoms with Crippen LogP contribution in [0, 0.1) is 5.82 Å². The number of hydrogen-bond donors (Lipinski definition) is 1. The molecule has 0 bridgehead atoms. The molecule has 0 aliphatic heterocycles. The number of aliphatic hydroxyl groups excluding tert-OH is 1. The van der Waals surface area contributed by atoms with E-state index in [1.54, 1.807) is 0 Å². The van der Waals surface area contributed by atoms with E-state index in [4.69, 9.17) is 5.11 Å². The van der Waals surface area contributed by atoms with Gasteiger partial charge in [0.25, 0.3) is 0 Å². The Bertz CT molecular complexity index is 455. The maximum absolute atomic E-state index is 12.9. The van der Waals surface area contributed by atoms with Gasteiger partial charge in [-0.05, 0) is 22.0 Å². The Morgan fingerprint density at radius 3 is 3.08 bits per heavy atom. The first-order valence-corrected chi connectivity index (χ1v) is 4.43. The first kappa shape index (κ1) is 8.65. The van der Waals surface area contributed by atoms with Gasteiger partial charge >= 0.3 is 0 Å². The number of nitrogens with zero attached hydrogens (tertiary/aromatic N) is 2. The first-order chi connectivity index (χ1) is 6.22. The van der Waals surface area contributed by atoms with E-state index >= 15 is 0 Å². The van der Waals surface area contributed by atoms with Crippen LogP contribution in [-0.4, -0.2) is 14.5 Å². The van der Waals surface area contributed by atoms with Gasteiger partial charge in [0.2, 0.25) is 0 Å². The molecular formula is C8H6BrFN2O. The largest absolute Gasteiger partial charge is 0.390 e. The van der Waals surface area contributed by atoms with Crippen LogP contribution < -0.4 is 0 Å². The van der Waals surface area contributed by atoms with Crippen LogP contribution >= 0.6 is 15.9 Å². The zero-order valence-corrected chi connectivity index (χ0v) is 8.12. The van der Waals surface area contributed by atoms with Crippen molar-refractivity contribution in [2.75, 3.05) is 0 Å². The predicted molar refractivity (Wildman–Crippen MR) is 48.8 cm³/mol. The second-order valence-corrected chi connectivity index (χ2v) is 3.46. The number of aliphatic hydroxyl groups is 1. The SMILES string of the molecule is OCc1cnc2c(Br)cc(F)cn12. The minimum atomic E-state index is -0.368. The van der Waals surface area contributed by atoms with Gasteiger partial charge in [-0.25, -0.2) is 9.37 Å². The second kappa shape index (κ2) is 3.08. The van der Waals surface area contributed by atoms with Crippen molar-refractivity contribution in [3.8, 4) is 0 Å². The minimum absolute atomic E-state index is 0.156. The number of hydrogen-bond acceptors (Lipinski definition) is 2. The zero-order valence-electron chi connectivity index (χ0n) is 6.54. The highest BCUT2D eigenvalue weighted by atomic mass is 79.9. The lowest BCUT2D eigenvalue weighted by Crippen LogP contribution is -1.93. The van der Waals surface area contributed by atoms with Gasteiger partial charge in [-0.1, -0.05) is 0 Å². The molecule has 2 rings (SSSR count). The van der Waals surface area contributed by atoms with E-state index in [2.05, 4.69) is 20.9 Å². The Morgan fingerprint density at radius 2 is 2.38 bits per heavy atom. The highest BCUT2D eigenvalue weighted by molar-refractivity contribution is 9.10. The van der Waals surface area contributed by atoms with Gasteiger partial charge in [-0.15, -0.1) is 0 Å². The van der Waals surface area contributed by atoms with Gasteiger partial charge in [-0.2, -0.15) is 0 Å². The normalized spacial score (nSPS) is 11.0. The van der Waals surface area contributed by atoms with Crippen molar-refractivity contribution in [3.05, 3.63) is 34.4 Å². The van der Waals surface area contributed by atoms with E-state index in [-0.39, 0.29) is 12.4 Å². The molecule has 2 heterocycles. The molecule has 5 heteroatoms. The molecule has 0 fully saturated rings. The van der Waals surface area contributed by atoms with Gasteiger partial charge in [0.05, 0.1) is 23.0 Å². The Morgan fingerprint density at radius 1 is 1.62 bits per heavy atom. The lowest BCUT2D eigenvalue weighted by molar-refractivity contribution is 0.275. The number of pyridine rings is 1. The van der Waals surface area contributed by atoms with E-state index in [0.29, 0.717) is 15.8 Å². The zero-order chi connectivity index (χ0) is 9.42. The van der Waals surface area contributed by atoms with Crippen molar-refractivity contribution in [3.63, 3.8) is 0 Å². The smallest absolute Gasteiger partial charge is 0.151 e. The number of fused-ring (bicyclic) bond motifs is 1. The molecule has 0 saturated carbocycles. The van der Waals surface area contributed by atoms with E-state index in [0.717, 1.165) is 0 Å². The highest BCUT2D eigenvalue weighted by Gasteiger charge is 2.06. The molecule has 13 heavy (non-hydrogen) atoms. The molecule has 68 valence electrons. The first-order valence-electron chi connectivity index (χ1n) is 3.64. The van der Waals surface area contributed by atoms with Crippen molar-refractivity contribution in [1.29, 1.82) is 0 Å². The molecule has 3 nitrogen and oxygen atoms in total. The predicted octanol–water partition coefficient (Wildman–Crippen LogP) is 1.73. The highest BCUT2D eigenvalue weighted by Crippen LogP contribution is 2.19. The van der Waals surface area contributed by atoms with Gasteiger partial charge in [0, 0.05) is 6.20 Å². The molecule has 0 unspecified atom stereocenters. The van der Waals surface area contributed by atoms with Crippen LogP contribution in [0.2, 0.25) is 0 Å². The van der Waals surface area contributed by atoms with E-state index in [9.17, 15) is 4.39 Å². The Kier molecular flexibility index (Phi) is 2.05. The van der Waals surface area contributed by atoms with Crippen molar-refractivity contribution in [2.24, 2.45) is 0 Å². The molecule has 0 aromatic carbocycles. The lowest BCUT2D eigenvalue weighted by Gasteiger charge is -1.99. The van der Waals surface area contributed by atoms with Crippen LogP contribution in [0.4, 0.5) is 4.39 Å². The summed E-state index contributed by atoms with van der Waals surface area (Å²) in [7, 11) is 0. The number of imidazole rings is 1. The second-order valence-electron chi connectivity index (χ2n) is 2.61. The molecule has 2 aromatic heterocycles. The summed E-state index contributed by atoms with van der Waals surface area (Å²) in [5.41, 5.74) is 1.17. The number of rotatable bonds is 1. The third-order valence-electron chi connectivity index (χ3n) is 1.77. The molecular weight excluding hydrogens is 239 g/mol. The van der Waals surface area contributed by atoms with E-state index in [1.807, 2.05) is 0 Å². The van der Waals surface area contributed by atoms with E-state index < -0.39 is 0 Å². The maximum atomic E-state index is 12.9. The van der Waals surface area contributed by atoms with Crippen LogP contribution in [0.1, 0.15) is 5.69 Å². The summed E-state index contributed by atoms with van der Waals surface area (Å²) >= 11 is 3.19. The average Bonchev–Trinajstić information content (AvgIpc) is 2.47. The molecule has 0 atom stereocenters. The summed E-state index contributed by atoms with van der Waals surface area (Å²) < 4.78 is 15.0. The van der Waals surface area contributed by atoms with Crippen molar-refractivity contribution < 1.29 is 9.50 Å². The van der Waals surface area contributed by atoms with Gasteiger partial charge < -0.3 is 5.11 Å². The van der Waals surface area contributed by atoms with Crippen molar-refractivity contribution in [2.45, 2.75) is 6.61 Å². The third-order valence-corrected chi connectivity index (χ3v) is 2.35. The van der Waals surface area contributed by atoms with Crippen LogP contribution in [0.3, 0.4) is 0 Å². The standard InChI is InChI=1S/C8H6BrFN2O/c9-7-1-5(10)3-12-6(4-13)2-11-8(7)12/h1-3,13H,4H2. The minimum Gasteiger partial charge on any atom is -0.390 e. The lowest BCUT2D eigenvalue weighted by atomic mass is 10.4. The van der Waals surface area contributed by atoms with Crippen molar-refractivity contribution in [1.82, 2.24) is 9.38 Å². The van der Waals surface area contributed by atoms with Crippen LogP contribution in [-0.2, 0) is 6.61 Å². The van der Waals surface area contributed by atoms with Crippen LogP contribution in [0.25, 0.3) is 5.65 Å². The summed E-state index contributed by atoms with van der Waals surface area (Å²) in [6, 6.07) is 1.34. The number of halogens is 2. The van der Waals surface area contributed by atoms with Gasteiger partial charge in [0.1, 0.15) is 5.82 Å². The molecule has 1 N–H and O–H groups in total. The van der Waals surface area contributed by atoms with Gasteiger partial charge in [0.15, 0.2) is 5.65 Å². The molecule has 0 aliphatic carbocycles. The monoisotopic (exact) mass is 244 g/mol. The average molecular weight is 245 g/mol. The number of aromatic nitrogens is 2. The Hall–Kier alpha value is -0.940. The molecule has 0 aliphatic rings. The fraction of sp³-hybridized carbons (Fsp3) is 0.125. The molecule has 0 saturated heterocycles. The summed E-state index contributed by atoms with van der Waals surface area (Å²) in [4.78, 5) is 4.02. The molecule has 2 aromatic rings. The van der Waals surface area contributed by atoms with Crippen molar-refractivity contribution >= 4 is 21.6 Å². The van der Waals surface area contributed by atoms with Crippen LogP contribution in [0.15, 0.2) is 22.9 Å². The van der Waals surface area contributed by atoms with E-state index in [1.165, 1.54) is 22.9 Å². The third kappa shape index (κ3) is 1.34. The summed E-state index contributed by atoms with van der Waals surface area (Å²) in [5.74, 6) is -0.368. The Labute approximate surface area is 82.0 Å². The fourth-order valence-corrected chi connectivity index (χ4v) is 1.69. The van der Waals surface area contributed by atoms with Gasteiger partial charge in [-0.3, -0.25) is 4.40 Å². The Balaban J connectivity index is 2.82.